The summed E-state index contributed by atoms with van der Waals surface area (Å²) in [5.41, 5.74) is 2.61. The standard InChI is InChI=1S/C20H25N3O4S/c1-13(2)22-19(24)12-21-20(25)16-8-10-17(11-9-16)28(26,27)23-18-7-5-6-14(3)15(18)4/h5-11,13,23H,12H2,1-4H3,(H,21,25)(H,22,24). The van der Waals surface area contributed by atoms with E-state index < -0.39 is 15.9 Å². The molecule has 0 bridgehead atoms. The number of nitrogens with one attached hydrogen (secondary N) is 3. The van der Waals surface area contributed by atoms with E-state index in [4.69, 9.17) is 0 Å². The van der Waals surface area contributed by atoms with Crippen LogP contribution in [-0.2, 0) is 14.8 Å². The Labute approximate surface area is 165 Å². The second kappa shape index (κ2) is 8.88. The van der Waals surface area contributed by atoms with Crippen molar-refractivity contribution in [2.24, 2.45) is 0 Å². The van der Waals surface area contributed by atoms with Gasteiger partial charge in [-0.2, -0.15) is 0 Å². The minimum atomic E-state index is -3.78. The van der Waals surface area contributed by atoms with E-state index in [0.29, 0.717) is 5.69 Å². The lowest BCUT2D eigenvalue weighted by Crippen LogP contribution is -2.39. The van der Waals surface area contributed by atoms with Gasteiger partial charge in [-0.25, -0.2) is 8.42 Å². The zero-order valence-electron chi connectivity index (χ0n) is 16.4. The van der Waals surface area contributed by atoms with Crippen LogP contribution >= 0.6 is 0 Å². The average molecular weight is 404 g/mol. The molecule has 0 aliphatic rings. The van der Waals surface area contributed by atoms with Crippen molar-refractivity contribution in [2.75, 3.05) is 11.3 Å². The monoisotopic (exact) mass is 403 g/mol. The molecule has 0 atom stereocenters. The first-order valence-electron chi connectivity index (χ1n) is 8.87. The summed E-state index contributed by atoms with van der Waals surface area (Å²) < 4.78 is 27.8. The molecule has 2 aromatic rings. The highest BCUT2D eigenvalue weighted by Crippen LogP contribution is 2.22. The molecule has 0 aliphatic heterocycles. The van der Waals surface area contributed by atoms with E-state index in [9.17, 15) is 18.0 Å². The molecule has 0 spiro atoms. The molecule has 0 heterocycles. The van der Waals surface area contributed by atoms with Crippen LogP contribution in [0.1, 0.15) is 35.3 Å². The fourth-order valence-corrected chi connectivity index (χ4v) is 3.61. The Kier molecular flexibility index (Phi) is 6.80. The van der Waals surface area contributed by atoms with E-state index in [1.807, 2.05) is 33.8 Å². The van der Waals surface area contributed by atoms with Crippen molar-refractivity contribution in [3.05, 3.63) is 59.2 Å². The number of hydrogen-bond acceptors (Lipinski definition) is 4. The number of sulfonamides is 1. The van der Waals surface area contributed by atoms with Crippen molar-refractivity contribution in [3.8, 4) is 0 Å². The van der Waals surface area contributed by atoms with Crippen LogP contribution < -0.4 is 15.4 Å². The van der Waals surface area contributed by atoms with Gasteiger partial charge in [0.15, 0.2) is 0 Å². The molecular weight excluding hydrogens is 378 g/mol. The predicted octanol–water partition coefficient (Wildman–Crippen LogP) is 2.36. The van der Waals surface area contributed by atoms with E-state index in [-0.39, 0.29) is 29.0 Å². The molecule has 0 saturated carbocycles. The summed E-state index contributed by atoms with van der Waals surface area (Å²) in [7, 11) is -3.78. The van der Waals surface area contributed by atoms with Crippen LogP contribution in [0.4, 0.5) is 5.69 Å². The summed E-state index contributed by atoms with van der Waals surface area (Å²) in [6.07, 6.45) is 0. The average Bonchev–Trinajstić information content (AvgIpc) is 2.63. The lowest BCUT2D eigenvalue weighted by atomic mass is 10.1. The molecule has 2 aromatic carbocycles. The van der Waals surface area contributed by atoms with E-state index in [0.717, 1.165) is 11.1 Å². The maximum atomic E-state index is 12.6. The van der Waals surface area contributed by atoms with Gasteiger partial charge in [-0.3, -0.25) is 14.3 Å². The number of carbonyl (C=O) groups is 2. The lowest BCUT2D eigenvalue weighted by Gasteiger charge is -2.12. The molecular formula is C20H25N3O4S. The number of carbonyl (C=O) groups excluding carboxylic acids is 2. The number of benzene rings is 2. The number of hydrogen-bond donors (Lipinski definition) is 3. The third-order valence-electron chi connectivity index (χ3n) is 4.13. The van der Waals surface area contributed by atoms with Crippen molar-refractivity contribution in [2.45, 2.75) is 38.6 Å². The van der Waals surface area contributed by atoms with Crippen LogP contribution in [0.3, 0.4) is 0 Å². The van der Waals surface area contributed by atoms with Crippen LogP contribution in [0, 0.1) is 13.8 Å². The van der Waals surface area contributed by atoms with Crippen LogP contribution in [0.2, 0.25) is 0 Å². The first kappa shape index (κ1) is 21.4. The van der Waals surface area contributed by atoms with E-state index in [1.54, 1.807) is 12.1 Å². The maximum Gasteiger partial charge on any atom is 0.261 e. The number of amides is 2. The van der Waals surface area contributed by atoms with Crippen LogP contribution in [-0.4, -0.2) is 32.8 Å². The van der Waals surface area contributed by atoms with Crippen molar-refractivity contribution >= 4 is 27.5 Å². The smallest absolute Gasteiger partial charge is 0.261 e. The van der Waals surface area contributed by atoms with Crippen LogP contribution in [0.5, 0.6) is 0 Å². The molecule has 2 rings (SSSR count). The Balaban J connectivity index is 2.07. The van der Waals surface area contributed by atoms with Crippen molar-refractivity contribution in [1.82, 2.24) is 10.6 Å². The SMILES string of the molecule is Cc1cccc(NS(=O)(=O)c2ccc(C(=O)NCC(=O)NC(C)C)cc2)c1C. The molecule has 0 saturated heterocycles. The zero-order valence-corrected chi connectivity index (χ0v) is 17.2. The van der Waals surface area contributed by atoms with E-state index in [2.05, 4.69) is 15.4 Å². The number of anilines is 1. The van der Waals surface area contributed by atoms with Crippen molar-refractivity contribution < 1.29 is 18.0 Å². The summed E-state index contributed by atoms with van der Waals surface area (Å²) in [6, 6.07) is 10.9. The second-order valence-corrected chi connectivity index (χ2v) is 8.46. The molecule has 0 fully saturated rings. The first-order chi connectivity index (χ1) is 13.1. The molecule has 150 valence electrons. The zero-order chi connectivity index (χ0) is 20.9. The van der Waals surface area contributed by atoms with E-state index >= 15 is 0 Å². The van der Waals surface area contributed by atoms with Crippen LogP contribution in [0.25, 0.3) is 0 Å². The Bertz CT molecular complexity index is 967. The topological polar surface area (TPSA) is 104 Å². The van der Waals surface area contributed by atoms with Gasteiger partial charge in [0, 0.05) is 11.6 Å². The van der Waals surface area contributed by atoms with Gasteiger partial charge in [0.05, 0.1) is 17.1 Å². The molecule has 0 unspecified atom stereocenters. The lowest BCUT2D eigenvalue weighted by molar-refractivity contribution is -0.120. The highest BCUT2D eigenvalue weighted by Gasteiger charge is 2.17. The fraction of sp³-hybridized carbons (Fsp3) is 0.300. The van der Waals surface area contributed by atoms with Crippen LogP contribution in [0.15, 0.2) is 47.4 Å². The van der Waals surface area contributed by atoms with Crippen molar-refractivity contribution in [1.29, 1.82) is 0 Å². The number of rotatable bonds is 7. The maximum absolute atomic E-state index is 12.6. The van der Waals surface area contributed by atoms with Gasteiger partial charge in [0.1, 0.15) is 0 Å². The second-order valence-electron chi connectivity index (χ2n) is 6.78. The minimum absolute atomic E-state index is 0.0153. The molecule has 0 aliphatic carbocycles. The molecule has 3 N–H and O–H groups in total. The highest BCUT2D eigenvalue weighted by molar-refractivity contribution is 7.92. The third kappa shape index (κ3) is 5.56. The van der Waals surface area contributed by atoms with Gasteiger partial charge in [-0.15, -0.1) is 0 Å². The Morgan fingerprint density at radius 2 is 1.64 bits per heavy atom. The third-order valence-corrected chi connectivity index (χ3v) is 5.52. The summed E-state index contributed by atoms with van der Waals surface area (Å²) in [6.45, 7) is 7.25. The Hall–Kier alpha value is -2.87. The molecule has 0 radical (unpaired) electrons. The normalized spacial score (nSPS) is 11.2. The first-order valence-corrected chi connectivity index (χ1v) is 10.3. The Morgan fingerprint density at radius 3 is 2.25 bits per heavy atom. The quantitative estimate of drug-likeness (QED) is 0.660. The summed E-state index contributed by atoms with van der Waals surface area (Å²) in [5.74, 6) is -0.745. The van der Waals surface area contributed by atoms with Gasteiger partial charge >= 0.3 is 0 Å². The van der Waals surface area contributed by atoms with Crippen molar-refractivity contribution in [3.63, 3.8) is 0 Å². The molecule has 28 heavy (non-hydrogen) atoms. The Morgan fingerprint density at radius 1 is 1.00 bits per heavy atom. The molecule has 7 nitrogen and oxygen atoms in total. The van der Waals surface area contributed by atoms with Gasteiger partial charge in [-0.05, 0) is 69.2 Å². The molecule has 8 heteroatoms. The summed E-state index contributed by atoms with van der Waals surface area (Å²) in [4.78, 5) is 23.7. The van der Waals surface area contributed by atoms with E-state index in [1.165, 1.54) is 24.3 Å². The minimum Gasteiger partial charge on any atom is -0.352 e. The summed E-state index contributed by atoms with van der Waals surface area (Å²) >= 11 is 0. The molecule has 0 aromatic heterocycles. The summed E-state index contributed by atoms with van der Waals surface area (Å²) in [5, 5.41) is 5.17. The van der Waals surface area contributed by atoms with Gasteiger partial charge in [0.2, 0.25) is 5.91 Å². The van der Waals surface area contributed by atoms with Gasteiger partial charge in [0.25, 0.3) is 15.9 Å². The number of aryl methyl sites for hydroxylation is 1. The highest BCUT2D eigenvalue weighted by atomic mass is 32.2. The molecule has 2 amide bonds. The predicted molar refractivity (Wildman–Crippen MR) is 109 cm³/mol. The van der Waals surface area contributed by atoms with Gasteiger partial charge < -0.3 is 10.6 Å². The fourth-order valence-electron chi connectivity index (χ4n) is 2.49. The van der Waals surface area contributed by atoms with Gasteiger partial charge in [-0.1, -0.05) is 12.1 Å². The largest absolute Gasteiger partial charge is 0.352 e.